The van der Waals surface area contributed by atoms with Gasteiger partial charge in [-0.15, -0.1) is 0 Å². The van der Waals surface area contributed by atoms with E-state index in [1.54, 1.807) is 0 Å². The number of nitrogens with zero attached hydrogens (tertiary/aromatic N) is 1. The maximum Gasteiger partial charge on any atom is 0.433 e. The van der Waals surface area contributed by atoms with Crippen molar-refractivity contribution in [2.45, 2.75) is 18.4 Å². The summed E-state index contributed by atoms with van der Waals surface area (Å²) >= 11 is 0. The average molecular weight is 250 g/mol. The summed E-state index contributed by atoms with van der Waals surface area (Å²) in [6, 6.07) is 1.54. The number of amides is 1. The molecule has 4 N–H and O–H groups in total. The fourth-order valence-corrected chi connectivity index (χ4v) is 1.09. The highest BCUT2D eigenvalue weighted by atomic mass is 19.4. The molecular formula is C9H9F3N2O3. The van der Waals surface area contributed by atoms with Gasteiger partial charge in [0.1, 0.15) is 11.8 Å². The lowest BCUT2D eigenvalue weighted by molar-refractivity contribution is -0.141. The number of rotatable bonds is 3. The monoisotopic (exact) mass is 250 g/mol. The molecule has 0 aliphatic heterocycles. The second kappa shape index (κ2) is 4.68. The summed E-state index contributed by atoms with van der Waals surface area (Å²) in [4.78, 5) is 13.6. The van der Waals surface area contributed by atoms with Crippen LogP contribution in [0.2, 0.25) is 0 Å². The topological polar surface area (TPSA) is 96.4 Å². The number of aliphatic hydroxyl groups excluding tert-OH is 2. The Bertz CT molecular complexity index is 405. The summed E-state index contributed by atoms with van der Waals surface area (Å²) in [5, 5.41) is 18.5. The Kier molecular flexibility index (Phi) is 3.69. The van der Waals surface area contributed by atoms with Gasteiger partial charge in [-0.1, -0.05) is 6.07 Å². The van der Waals surface area contributed by atoms with Crippen LogP contribution in [0, 0.1) is 0 Å². The first-order chi connectivity index (χ1) is 7.73. The number of aliphatic hydroxyl groups is 2. The molecule has 1 amide bonds. The van der Waals surface area contributed by atoms with Crippen molar-refractivity contribution in [3.05, 3.63) is 29.6 Å². The number of alkyl halides is 3. The summed E-state index contributed by atoms with van der Waals surface area (Å²) in [7, 11) is 0. The van der Waals surface area contributed by atoms with E-state index in [0.29, 0.717) is 6.07 Å². The van der Waals surface area contributed by atoms with Gasteiger partial charge in [0, 0.05) is 11.8 Å². The van der Waals surface area contributed by atoms with Crippen molar-refractivity contribution in [3.63, 3.8) is 0 Å². The number of carbonyl (C=O) groups is 1. The Labute approximate surface area is 93.7 Å². The molecule has 1 heterocycles. The largest absolute Gasteiger partial charge is 0.433 e. The molecule has 0 fully saturated rings. The SMILES string of the molecule is NC(=O)C(O)C(O)c1ccc(C(F)(F)F)nc1. The van der Waals surface area contributed by atoms with Crippen LogP contribution in [0.3, 0.4) is 0 Å². The Morgan fingerprint density at radius 2 is 1.94 bits per heavy atom. The van der Waals surface area contributed by atoms with Crippen LogP contribution in [0.5, 0.6) is 0 Å². The Morgan fingerprint density at radius 1 is 1.35 bits per heavy atom. The fourth-order valence-electron chi connectivity index (χ4n) is 1.09. The standard InChI is InChI=1S/C9H9F3N2O3/c10-9(11,12)5-2-1-4(3-14-5)6(15)7(16)8(13)17/h1-3,6-7,15-16H,(H2,13,17). The van der Waals surface area contributed by atoms with E-state index < -0.39 is 30.0 Å². The van der Waals surface area contributed by atoms with Gasteiger partial charge in [0.15, 0.2) is 6.10 Å². The van der Waals surface area contributed by atoms with E-state index in [-0.39, 0.29) is 5.56 Å². The molecular weight excluding hydrogens is 241 g/mol. The van der Waals surface area contributed by atoms with Crippen LogP contribution >= 0.6 is 0 Å². The molecule has 0 bridgehead atoms. The van der Waals surface area contributed by atoms with Gasteiger partial charge >= 0.3 is 6.18 Å². The molecule has 1 aromatic heterocycles. The van der Waals surface area contributed by atoms with Crippen molar-refractivity contribution >= 4 is 5.91 Å². The van der Waals surface area contributed by atoms with E-state index in [2.05, 4.69) is 4.98 Å². The smallest absolute Gasteiger partial charge is 0.385 e. The van der Waals surface area contributed by atoms with Crippen LogP contribution in [-0.4, -0.2) is 27.2 Å². The first-order valence-corrected chi connectivity index (χ1v) is 4.42. The van der Waals surface area contributed by atoms with Crippen LogP contribution in [-0.2, 0) is 11.0 Å². The first kappa shape index (κ1) is 13.4. The van der Waals surface area contributed by atoms with Crippen LogP contribution < -0.4 is 5.73 Å². The second-order valence-electron chi connectivity index (χ2n) is 3.27. The van der Waals surface area contributed by atoms with Crippen LogP contribution in [0.1, 0.15) is 17.4 Å². The average Bonchev–Trinajstić information content (AvgIpc) is 2.26. The van der Waals surface area contributed by atoms with Gasteiger partial charge in [-0.05, 0) is 6.07 Å². The highest BCUT2D eigenvalue weighted by molar-refractivity contribution is 5.79. The summed E-state index contributed by atoms with van der Waals surface area (Å²) in [6.07, 6.45) is -7.47. The molecule has 2 atom stereocenters. The molecule has 1 rings (SSSR count). The molecule has 0 saturated heterocycles. The van der Waals surface area contributed by atoms with E-state index in [9.17, 15) is 23.1 Å². The molecule has 2 unspecified atom stereocenters. The normalized spacial score (nSPS) is 15.4. The molecule has 5 nitrogen and oxygen atoms in total. The van der Waals surface area contributed by atoms with E-state index in [1.807, 2.05) is 0 Å². The van der Waals surface area contributed by atoms with Gasteiger partial charge in [-0.25, -0.2) is 0 Å². The number of hydrogen-bond donors (Lipinski definition) is 3. The molecule has 94 valence electrons. The number of primary amides is 1. The summed E-state index contributed by atoms with van der Waals surface area (Å²) < 4.78 is 36.5. The molecule has 0 radical (unpaired) electrons. The van der Waals surface area contributed by atoms with Gasteiger partial charge in [0.05, 0.1) is 0 Å². The fraction of sp³-hybridized carbons (Fsp3) is 0.333. The minimum absolute atomic E-state index is 0.135. The van der Waals surface area contributed by atoms with Gasteiger partial charge < -0.3 is 15.9 Å². The van der Waals surface area contributed by atoms with Crippen molar-refractivity contribution in [3.8, 4) is 0 Å². The lowest BCUT2D eigenvalue weighted by Gasteiger charge is -2.15. The highest BCUT2D eigenvalue weighted by Gasteiger charge is 2.32. The third-order valence-corrected chi connectivity index (χ3v) is 2.01. The molecule has 0 saturated carbocycles. The van der Waals surface area contributed by atoms with Gasteiger partial charge in [0.2, 0.25) is 5.91 Å². The highest BCUT2D eigenvalue weighted by Crippen LogP contribution is 2.28. The van der Waals surface area contributed by atoms with Crippen molar-refractivity contribution in [2.75, 3.05) is 0 Å². The minimum Gasteiger partial charge on any atom is -0.385 e. The van der Waals surface area contributed by atoms with E-state index in [0.717, 1.165) is 12.3 Å². The first-order valence-electron chi connectivity index (χ1n) is 4.42. The van der Waals surface area contributed by atoms with E-state index in [1.165, 1.54) is 0 Å². The Balaban J connectivity index is 2.92. The summed E-state index contributed by atoms with van der Waals surface area (Å²) in [5.41, 5.74) is 3.45. The number of nitrogens with two attached hydrogens (primary N) is 1. The molecule has 0 aliphatic rings. The Hall–Kier alpha value is -1.67. The third kappa shape index (κ3) is 3.14. The predicted octanol–water partition coefficient (Wildman–Crippen LogP) is -0.0200. The van der Waals surface area contributed by atoms with Crippen molar-refractivity contribution < 1.29 is 28.2 Å². The zero-order valence-electron chi connectivity index (χ0n) is 8.35. The molecule has 1 aromatic rings. The van der Waals surface area contributed by atoms with Crippen molar-refractivity contribution in [2.24, 2.45) is 5.73 Å². The maximum absolute atomic E-state index is 12.2. The molecule has 0 aliphatic carbocycles. The van der Waals surface area contributed by atoms with E-state index in [4.69, 9.17) is 10.8 Å². The summed E-state index contributed by atoms with van der Waals surface area (Å²) in [5.74, 6) is -1.18. The molecule has 0 aromatic carbocycles. The van der Waals surface area contributed by atoms with Gasteiger partial charge in [-0.2, -0.15) is 13.2 Å². The maximum atomic E-state index is 12.2. The Morgan fingerprint density at radius 3 is 2.29 bits per heavy atom. The van der Waals surface area contributed by atoms with E-state index >= 15 is 0 Å². The molecule has 17 heavy (non-hydrogen) atoms. The second-order valence-corrected chi connectivity index (χ2v) is 3.27. The lowest BCUT2D eigenvalue weighted by Crippen LogP contribution is -2.33. The van der Waals surface area contributed by atoms with Crippen LogP contribution in [0.15, 0.2) is 18.3 Å². The zero-order chi connectivity index (χ0) is 13.2. The zero-order valence-corrected chi connectivity index (χ0v) is 8.35. The number of pyridine rings is 1. The van der Waals surface area contributed by atoms with Crippen molar-refractivity contribution in [1.29, 1.82) is 0 Å². The number of halogens is 3. The van der Waals surface area contributed by atoms with Gasteiger partial charge in [-0.3, -0.25) is 9.78 Å². The van der Waals surface area contributed by atoms with Gasteiger partial charge in [0.25, 0.3) is 0 Å². The predicted molar refractivity (Wildman–Crippen MR) is 49.4 cm³/mol. The molecule has 0 spiro atoms. The van der Waals surface area contributed by atoms with Crippen LogP contribution in [0.4, 0.5) is 13.2 Å². The number of carbonyl (C=O) groups excluding carboxylic acids is 1. The van der Waals surface area contributed by atoms with Crippen LogP contribution in [0.25, 0.3) is 0 Å². The lowest BCUT2D eigenvalue weighted by atomic mass is 10.1. The van der Waals surface area contributed by atoms with Crippen molar-refractivity contribution in [1.82, 2.24) is 4.98 Å². The third-order valence-electron chi connectivity index (χ3n) is 2.01. The quantitative estimate of drug-likeness (QED) is 0.702. The summed E-state index contributed by atoms with van der Waals surface area (Å²) in [6.45, 7) is 0. The number of aromatic nitrogens is 1. The number of hydrogen-bond acceptors (Lipinski definition) is 4. The molecule has 8 heteroatoms. The minimum atomic E-state index is -4.59.